The molecule has 2 rings (SSSR count). The van der Waals surface area contributed by atoms with Crippen LogP contribution in [0.3, 0.4) is 0 Å². The van der Waals surface area contributed by atoms with Crippen LogP contribution in [-0.4, -0.2) is 17.4 Å². The van der Waals surface area contributed by atoms with Gasteiger partial charge >= 0.3 is 0 Å². The zero-order chi connectivity index (χ0) is 13.5. The number of nitrogen functional groups attached to an aromatic ring is 1. The third kappa shape index (κ3) is 3.92. The lowest BCUT2D eigenvalue weighted by atomic mass is 9.87. The number of nitrogens with zero attached hydrogens (tertiary/aromatic N) is 1. The van der Waals surface area contributed by atoms with Gasteiger partial charge in [0.2, 0.25) is 0 Å². The SMILES string of the molecule is NNc1ccncc1C(=O)NCCC1CCCCC1. The average Bonchev–Trinajstić information content (AvgIpc) is 2.48. The van der Waals surface area contributed by atoms with Crippen LogP contribution in [0, 0.1) is 5.92 Å². The molecule has 0 atom stereocenters. The Hall–Kier alpha value is -1.62. The second-order valence-electron chi connectivity index (χ2n) is 5.11. The van der Waals surface area contributed by atoms with E-state index >= 15 is 0 Å². The van der Waals surface area contributed by atoms with Crippen molar-refractivity contribution in [2.75, 3.05) is 12.0 Å². The van der Waals surface area contributed by atoms with Gasteiger partial charge in [-0.2, -0.15) is 0 Å². The highest BCUT2D eigenvalue weighted by atomic mass is 16.1. The monoisotopic (exact) mass is 262 g/mol. The van der Waals surface area contributed by atoms with Gasteiger partial charge in [0.15, 0.2) is 0 Å². The van der Waals surface area contributed by atoms with Crippen molar-refractivity contribution in [2.24, 2.45) is 11.8 Å². The minimum atomic E-state index is -0.114. The number of nitrogens with one attached hydrogen (secondary N) is 2. The van der Waals surface area contributed by atoms with Gasteiger partial charge in [-0.25, -0.2) is 0 Å². The van der Waals surface area contributed by atoms with Crippen molar-refractivity contribution in [3.05, 3.63) is 24.0 Å². The summed E-state index contributed by atoms with van der Waals surface area (Å²) in [5.41, 5.74) is 3.61. The van der Waals surface area contributed by atoms with E-state index in [4.69, 9.17) is 5.84 Å². The number of rotatable bonds is 5. The molecule has 1 aliphatic carbocycles. The summed E-state index contributed by atoms with van der Waals surface area (Å²) in [7, 11) is 0. The van der Waals surface area contributed by atoms with Crippen molar-refractivity contribution in [1.29, 1.82) is 0 Å². The summed E-state index contributed by atoms with van der Waals surface area (Å²) in [5, 5.41) is 2.95. The molecule has 0 aliphatic heterocycles. The number of carbonyl (C=O) groups is 1. The van der Waals surface area contributed by atoms with E-state index in [9.17, 15) is 4.79 Å². The molecule has 0 spiro atoms. The highest BCUT2D eigenvalue weighted by Crippen LogP contribution is 2.25. The van der Waals surface area contributed by atoms with Crippen LogP contribution in [-0.2, 0) is 0 Å². The number of hydrazine groups is 1. The molecule has 0 unspecified atom stereocenters. The van der Waals surface area contributed by atoms with Crippen LogP contribution < -0.4 is 16.6 Å². The highest BCUT2D eigenvalue weighted by molar-refractivity contribution is 5.99. The van der Waals surface area contributed by atoms with Crippen LogP contribution in [0.4, 0.5) is 5.69 Å². The first kappa shape index (κ1) is 13.8. The fourth-order valence-electron chi connectivity index (χ4n) is 2.66. The van der Waals surface area contributed by atoms with Crippen LogP contribution >= 0.6 is 0 Å². The van der Waals surface area contributed by atoms with Gasteiger partial charge in [0.25, 0.3) is 5.91 Å². The number of carbonyl (C=O) groups excluding carboxylic acids is 1. The molecule has 0 radical (unpaired) electrons. The molecule has 0 saturated heterocycles. The van der Waals surface area contributed by atoms with Crippen LogP contribution in [0.15, 0.2) is 18.5 Å². The summed E-state index contributed by atoms with van der Waals surface area (Å²) in [6.07, 6.45) is 10.8. The number of hydrogen-bond donors (Lipinski definition) is 3. The van der Waals surface area contributed by atoms with Crippen LogP contribution in [0.2, 0.25) is 0 Å². The van der Waals surface area contributed by atoms with Gasteiger partial charge in [-0.05, 0) is 18.4 Å². The molecule has 1 heterocycles. The Labute approximate surface area is 114 Å². The normalized spacial score (nSPS) is 16.1. The smallest absolute Gasteiger partial charge is 0.255 e. The van der Waals surface area contributed by atoms with E-state index in [0.717, 1.165) is 18.9 Å². The lowest BCUT2D eigenvalue weighted by Crippen LogP contribution is -2.27. The fraction of sp³-hybridized carbons (Fsp3) is 0.571. The second-order valence-corrected chi connectivity index (χ2v) is 5.11. The Balaban J connectivity index is 1.80. The molecule has 0 bridgehead atoms. The van der Waals surface area contributed by atoms with E-state index in [1.807, 2.05) is 0 Å². The first-order chi connectivity index (χ1) is 9.31. The zero-order valence-corrected chi connectivity index (χ0v) is 11.2. The predicted molar refractivity (Wildman–Crippen MR) is 75.6 cm³/mol. The maximum Gasteiger partial charge on any atom is 0.255 e. The van der Waals surface area contributed by atoms with Crippen LogP contribution in [0.5, 0.6) is 0 Å². The molecule has 1 aliphatic rings. The van der Waals surface area contributed by atoms with E-state index in [2.05, 4.69) is 15.7 Å². The topological polar surface area (TPSA) is 80.0 Å². The van der Waals surface area contributed by atoms with Crippen molar-refractivity contribution >= 4 is 11.6 Å². The lowest BCUT2D eigenvalue weighted by Gasteiger charge is -2.21. The van der Waals surface area contributed by atoms with Crippen molar-refractivity contribution in [3.8, 4) is 0 Å². The fourth-order valence-corrected chi connectivity index (χ4v) is 2.66. The first-order valence-electron chi connectivity index (χ1n) is 7.00. The number of anilines is 1. The van der Waals surface area contributed by atoms with Gasteiger partial charge in [0, 0.05) is 18.9 Å². The summed E-state index contributed by atoms with van der Waals surface area (Å²) in [6.45, 7) is 0.725. The Morgan fingerprint density at radius 3 is 2.89 bits per heavy atom. The third-order valence-electron chi connectivity index (χ3n) is 3.78. The zero-order valence-electron chi connectivity index (χ0n) is 11.2. The van der Waals surface area contributed by atoms with E-state index in [0.29, 0.717) is 11.3 Å². The molecule has 104 valence electrons. The minimum absolute atomic E-state index is 0.114. The van der Waals surface area contributed by atoms with Crippen molar-refractivity contribution in [1.82, 2.24) is 10.3 Å². The molecule has 1 aromatic rings. The minimum Gasteiger partial charge on any atom is -0.352 e. The standard InChI is InChI=1S/C14H22N4O/c15-18-13-7-8-16-10-12(13)14(19)17-9-6-11-4-2-1-3-5-11/h7-8,10-11H,1-6,9,15H2,(H,16,18)(H,17,19). The molecule has 1 saturated carbocycles. The van der Waals surface area contributed by atoms with Gasteiger partial charge in [-0.15, -0.1) is 0 Å². The van der Waals surface area contributed by atoms with Crippen LogP contribution in [0.25, 0.3) is 0 Å². The molecule has 19 heavy (non-hydrogen) atoms. The summed E-state index contributed by atoms with van der Waals surface area (Å²) in [4.78, 5) is 16.0. The van der Waals surface area contributed by atoms with E-state index in [-0.39, 0.29) is 5.91 Å². The van der Waals surface area contributed by atoms with Gasteiger partial charge in [-0.3, -0.25) is 15.6 Å². The average molecular weight is 262 g/mol. The molecule has 4 N–H and O–H groups in total. The molecular weight excluding hydrogens is 240 g/mol. The largest absolute Gasteiger partial charge is 0.352 e. The summed E-state index contributed by atoms with van der Waals surface area (Å²) in [6, 6.07) is 1.69. The molecule has 1 amide bonds. The van der Waals surface area contributed by atoms with E-state index < -0.39 is 0 Å². The number of nitrogens with two attached hydrogens (primary N) is 1. The van der Waals surface area contributed by atoms with Gasteiger partial charge < -0.3 is 10.7 Å². The van der Waals surface area contributed by atoms with Crippen molar-refractivity contribution in [3.63, 3.8) is 0 Å². The summed E-state index contributed by atoms with van der Waals surface area (Å²) in [5.74, 6) is 6.04. The van der Waals surface area contributed by atoms with E-state index in [1.165, 1.54) is 38.3 Å². The van der Waals surface area contributed by atoms with Crippen molar-refractivity contribution in [2.45, 2.75) is 38.5 Å². The summed E-state index contributed by atoms with van der Waals surface area (Å²) >= 11 is 0. The first-order valence-corrected chi connectivity index (χ1v) is 7.00. The number of aromatic nitrogens is 1. The van der Waals surface area contributed by atoms with Crippen molar-refractivity contribution < 1.29 is 4.79 Å². The molecule has 5 nitrogen and oxygen atoms in total. The van der Waals surface area contributed by atoms with Gasteiger partial charge in [-0.1, -0.05) is 32.1 Å². The lowest BCUT2D eigenvalue weighted by molar-refractivity contribution is 0.0951. The second kappa shape index (κ2) is 7.09. The van der Waals surface area contributed by atoms with E-state index in [1.54, 1.807) is 12.3 Å². The van der Waals surface area contributed by atoms with Gasteiger partial charge in [0.1, 0.15) is 0 Å². The Kier molecular flexibility index (Phi) is 5.15. The van der Waals surface area contributed by atoms with Crippen LogP contribution in [0.1, 0.15) is 48.9 Å². The number of pyridine rings is 1. The Morgan fingerprint density at radius 2 is 2.16 bits per heavy atom. The Bertz CT molecular complexity index is 416. The quantitative estimate of drug-likeness (QED) is 0.560. The molecular formula is C14H22N4O. The number of amides is 1. The maximum absolute atomic E-state index is 12.0. The molecule has 0 aromatic carbocycles. The number of hydrogen-bond acceptors (Lipinski definition) is 4. The Morgan fingerprint density at radius 1 is 1.37 bits per heavy atom. The third-order valence-corrected chi connectivity index (χ3v) is 3.78. The molecule has 1 fully saturated rings. The maximum atomic E-state index is 12.0. The van der Waals surface area contributed by atoms with Gasteiger partial charge in [0.05, 0.1) is 11.3 Å². The molecule has 1 aromatic heterocycles. The predicted octanol–water partition coefficient (Wildman–Crippen LogP) is 2.07. The highest BCUT2D eigenvalue weighted by Gasteiger charge is 2.14. The summed E-state index contributed by atoms with van der Waals surface area (Å²) < 4.78 is 0. The molecule has 5 heteroatoms.